The van der Waals surface area contributed by atoms with Gasteiger partial charge in [0.05, 0.1) is 17.0 Å². The molecule has 142 valence electrons. The van der Waals surface area contributed by atoms with Crippen molar-refractivity contribution >= 4 is 41.0 Å². The number of carbonyl (C=O) groups is 1. The zero-order chi connectivity index (χ0) is 19.7. The maximum Gasteiger partial charge on any atom is 0.341 e. The van der Waals surface area contributed by atoms with Crippen molar-refractivity contribution in [3.05, 3.63) is 71.3 Å². The van der Waals surface area contributed by atoms with Gasteiger partial charge in [0.2, 0.25) is 0 Å². The number of alkyl halides is 1. The summed E-state index contributed by atoms with van der Waals surface area (Å²) < 4.78 is 18.4. The second kappa shape index (κ2) is 7.32. The number of carbonyl (C=O) groups excluding carboxylic acids is 1. The smallest absolute Gasteiger partial charge is 0.341 e. The Labute approximate surface area is 164 Å². The van der Waals surface area contributed by atoms with Crippen molar-refractivity contribution in [3.63, 3.8) is 0 Å². The topological polar surface area (TPSA) is 102 Å². The van der Waals surface area contributed by atoms with Crippen LogP contribution in [-0.2, 0) is 9.53 Å². The molecule has 0 radical (unpaired) electrons. The van der Waals surface area contributed by atoms with E-state index in [2.05, 4.69) is 20.6 Å². The summed E-state index contributed by atoms with van der Waals surface area (Å²) in [5, 5.41) is 14.2. The van der Waals surface area contributed by atoms with Gasteiger partial charge in [-0.05, 0) is 24.3 Å². The largest absolute Gasteiger partial charge is 0.434 e. The maximum absolute atomic E-state index is 13.0. The molecule has 9 heteroatoms. The third-order valence-electron chi connectivity index (χ3n) is 4.22. The first-order valence-electron chi connectivity index (χ1n) is 8.37. The number of anilines is 1. The summed E-state index contributed by atoms with van der Waals surface area (Å²) in [5.41, 5.74) is 1.81. The lowest BCUT2D eigenvalue weighted by Crippen LogP contribution is -2.28. The van der Waals surface area contributed by atoms with E-state index in [0.717, 1.165) is 0 Å². The molecule has 28 heavy (non-hydrogen) atoms. The molecule has 1 aromatic heterocycles. The van der Waals surface area contributed by atoms with Gasteiger partial charge in [0.15, 0.2) is 12.0 Å². The number of cyclic esters (lactones) is 1. The number of esters is 1. The van der Waals surface area contributed by atoms with E-state index >= 15 is 0 Å². The number of H-pyrrole nitrogens is 1. The van der Waals surface area contributed by atoms with E-state index in [9.17, 15) is 9.18 Å². The van der Waals surface area contributed by atoms with Gasteiger partial charge >= 0.3 is 5.97 Å². The molecule has 4 N–H and O–H groups in total. The van der Waals surface area contributed by atoms with Crippen LogP contribution in [-0.4, -0.2) is 28.4 Å². The number of nitrogens with one attached hydrogen (secondary N) is 4. The van der Waals surface area contributed by atoms with Crippen LogP contribution in [0.2, 0.25) is 0 Å². The van der Waals surface area contributed by atoms with Crippen molar-refractivity contribution in [2.24, 2.45) is 4.99 Å². The number of hydrogen-bond donors (Lipinski definition) is 4. The number of halogens is 2. The summed E-state index contributed by atoms with van der Waals surface area (Å²) in [6.45, 7) is 0. The van der Waals surface area contributed by atoms with Crippen molar-refractivity contribution in [2.45, 2.75) is 11.7 Å². The SMILES string of the molecule is N=C(/C=C\C1=CN[C@H](c2ccc(F)cc2)OC1=O)c1c[nH]c2c1NC(Cl)C=N2. The van der Waals surface area contributed by atoms with Crippen LogP contribution in [0.25, 0.3) is 0 Å². The van der Waals surface area contributed by atoms with Crippen LogP contribution in [0, 0.1) is 11.2 Å². The highest BCUT2D eigenvalue weighted by atomic mass is 35.5. The predicted molar refractivity (Wildman–Crippen MR) is 105 cm³/mol. The summed E-state index contributed by atoms with van der Waals surface area (Å²) in [6, 6.07) is 5.68. The molecule has 2 atom stereocenters. The van der Waals surface area contributed by atoms with Gasteiger partial charge in [0, 0.05) is 29.7 Å². The number of aromatic amines is 1. The van der Waals surface area contributed by atoms with Crippen molar-refractivity contribution in [1.82, 2.24) is 10.3 Å². The van der Waals surface area contributed by atoms with Crippen LogP contribution in [0.1, 0.15) is 17.4 Å². The number of nitrogens with zero attached hydrogens (tertiary/aromatic N) is 1. The predicted octanol–water partition coefficient (Wildman–Crippen LogP) is 3.50. The van der Waals surface area contributed by atoms with E-state index in [4.69, 9.17) is 21.7 Å². The lowest BCUT2D eigenvalue weighted by molar-refractivity contribution is -0.147. The van der Waals surface area contributed by atoms with Gasteiger partial charge in [0.1, 0.15) is 11.3 Å². The summed E-state index contributed by atoms with van der Waals surface area (Å²) >= 11 is 6.01. The number of benzene rings is 1. The fourth-order valence-corrected chi connectivity index (χ4v) is 2.97. The van der Waals surface area contributed by atoms with Crippen molar-refractivity contribution in [2.75, 3.05) is 5.32 Å². The minimum Gasteiger partial charge on any atom is -0.434 e. The minimum atomic E-state index is -0.691. The van der Waals surface area contributed by atoms with Crippen LogP contribution in [0.5, 0.6) is 0 Å². The Balaban J connectivity index is 1.47. The number of ether oxygens (including phenoxy) is 1. The summed E-state index contributed by atoms with van der Waals surface area (Å²) in [5.74, 6) is -0.321. The zero-order valence-corrected chi connectivity index (χ0v) is 15.1. The molecule has 0 aliphatic carbocycles. The molecule has 0 saturated heterocycles. The number of hydrogen-bond acceptors (Lipinski definition) is 6. The second-order valence-electron chi connectivity index (χ2n) is 6.10. The third kappa shape index (κ3) is 3.54. The Kier molecular flexibility index (Phi) is 4.70. The third-order valence-corrected chi connectivity index (χ3v) is 4.44. The van der Waals surface area contributed by atoms with Crippen LogP contribution < -0.4 is 10.6 Å². The standard InChI is InChI=1S/C19H15ClFN5O2/c20-15-9-24-17-16(26-15)13(8-23-17)14(22)6-3-11-7-25-18(28-19(11)27)10-1-4-12(21)5-2-10/h1-9,15,18,22-23,25-26H/b6-3-,22-14?/t15?,18-/m0/s1. The average Bonchev–Trinajstić information content (AvgIpc) is 3.10. The van der Waals surface area contributed by atoms with E-state index in [1.807, 2.05) is 0 Å². The Morgan fingerprint density at radius 2 is 2.11 bits per heavy atom. The highest BCUT2D eigenvalue weighted by Crippen LogP contribution is 2.32. The zero-order valence-electron chi connectivity index (χ0n) is 14.4. The van der Waals surface area contributed by atoms with Crippen molar-refractivity contribution in [1.29, 1.82) is 5.41 Å². The van der Waals surface area contributed by atoms with Crippen LogP contribution >= 0.6 is 11.6 Å². The van der Waals surface area contributed by atoms with Gasteiger partial charge in [-0.3, -0.25) is 0 Å². The number of rotatable bonds is 4. The quantitative estimate of drug-likeness (QED) is 0.273. The second-order valence-corrected chi connectivity index (χ2v) is 6.57. The first-order chi connectivity index (χ1) is 13.5. The van der Waals surface area contributed by atoms with Gasteiger partial charge in [-0.1, -0.05) is 23.7 Å². The van der Waals surface area contributed by atoms with E-state index in [1.165, 1.54) is 30.5 Å². The maximum atomic E-state index is 13.0. The average molecular weight is 400 g/mol. The first kappa shape index (κ1) is 18.0. The van der Waals surface area contributed by atoms with Gasteiger partial charge in [-0.25, -0.2) is 14.2 Å². The van der Waals surface area contributed by atoms with E-state index in [1.54, 1.807) is 24.5 Å². The molecule has 0 bridgehead atoms. The number of aliphatic imine (C=N–C) groups is 1. The molecule has 0 spiro atoms. The van der Waals surface area contributed by atoms with Crippen LogP contribution in [0.3, 0.4) is 0 Å². The Morgan fingerprint density at radius 3 is 2.86 bits per heavy atom. The number of fused-ring (bicyclic) bond motifs is 1. The summed E-state index contributed by atoms with van der Waals surface area (Å²) in [7, 11) is 0. The Bertz CT molecular complexity index is 1030. The Hall–Kier alpha value is -3.39. The lowest BCUT2D eigenvalue weighted by atomic mass is 10.1. The molecule has 2 aromatic rings. The molecule has 0 amide bonds. The highest BCUT2D eigenvalue weighted by molar-refractivity contribution is 6.30. The highest BCUT2D eigenvalue weighted by Gasteiger charge is 2.23. The lowest BCUT2D eigenvalue weighted by Gasteiger charge is -2.23. The normalized spacial score (nSPS) is 20.8. The molecular formula is C19H15ClFN5O2. The van der Waals surface area contributed by atoms with E-state index < -0.39 is 17.7 Å². The first-order valence-corrected chi connectivity index (χ1v) is 8.81. The Morgan fingerprint density at radius 1 is 1.32 bits per heavy atom. The fraction of sp³-hybridized carbons (Fsp3) is 0.105. The van der Waals surface area contributed by atoms with Gasteiger partial charge in [-0.15, -0.1) is 0 Å². The minimum absolute atomic E-state index is 0.167. The summed E-state index contributed by atoms with van der Waals surface area (Å²) in [6.07, 6.45) is 6.99. The molecular weight excluding hydrogens is 385 g/mol. The molecule has 4 rings (SSSR count). The molecule has 3 heterocycles. The number of allylic oxidation sites excluding steroid dienone is 1. The van der Waals surface area contributed by atoms with Crippen LogP contribution in [0.15, 0.2) is 59.4 Å². The fourth-order valence-electron chi connectivity index (χ4n) is 2.80. The number of aromatic nitrogens is 1. The van der Waals surface area contributed by atoms with Gasteiger partial charge in [-0.2, -0.15) is 0 Å². The van der Waals surface area contributed by atoms with Crippen molar-refractivity contribution in [3.8, 4) is 0 Å². The molecule has 0 fully saturated rings. The van der Waals surface area contributed by atoms with Gasteiger partial charge < -0.3 is 25.8 Å². The van der Waals surface area contributed by atoms with Crippen molar-refractivity contribution < 1.29 is 13.9 Å². The molecule has 7 nitrogen and oxygen atoms in total. The van der Waals surface area contributed by atoms with Crippen LogP contribution in [0.4, 0.5) is 15.9 Å². The van der Waals surface area contributed by atoms with Gasteiger partial charge in [0.25, 0.3) is 0 Å². The molecule has 0 saturated carbocycles. The molecule has 1 unspecified atom stereocenters. The summed E-state index contributed by atoms with van der Waals surface area (Å²) in [4.78, 5) is 19.4. The molecule has 2 aliphatic heterocycles. The molecule has 2 aliphatic rings. The molecule has 1 aromatic carbocycles. The van der Waals surface area contributed by atoms with E-state index in [0.29, 0.717) is 22.6 Å². The monoisotopic (exact) mass is 399 g/mol. The van der Waals surface area contributed by atoms with E-state index in [-0.39, 0.29) is 17.1 Å².